The van der Waals surface area contributed by atoms with Crippen molar-refractivity contribution in [3.05, 3.63) is 58.1 Å². The Balaban J connectivity index is 1.38. The Bertz CT molecular complexity index is 1400. The molecule has 2 heterocycles. The number of aliphatic imine (C=N–C) groups is 1. The van der Waals surface area contributed by atoms with Gasteiger partial charge in [-0.15, -0.1) is 0 Å². The number of halogens is 5. The van der Waals surface area contributed by atoms with E-state index in [1.54, 1.807) is 24.3 Å². The number of carboxylic acids is 1. The minimum atomic E-state index is -5.10. The first-order valence-corrected chi connectivity index (χ1v) is 13.3. The fraction of sp³-hybridized carbons (Fsp3) is 0.346. The largest absolute Gasteiger partial charge is 0.490 e. The smallest absolute Gasteiger partial charge is 0.481 e. The zero-order chi connectivity index (χ0) is 30.6. The van der Waals surface area contributed by atoms with E-state index in [9.17, 15) is 37.5 Å². The molecule has 2 aromatic carbocycles. The molecule has 16 heteroatoms. The molecule has 3 unspecified atom stereocenters. The van der Waals surface area contributed by atoms with Crippen molar-refractivity contribution in [2.75, 3.05) is 29.9 Å². The van der Waals surface area contributed by atoms with E-state index in [4.69, 9.17) is 23.2 Å². The zero-order valence-corrected chi connectivity index (χ0v) is 23.1. The Morgan fingerprint density at radius 3 is 2.50 bits per heavy atom. The molecule has 224 valence electrons. The van der Waals surface area contributed by atoms with E-state index in [1.807, 2.05) is 0 Å². The van der Waals surface area contributed by atoms with E-state index in [1.165, 1.54) is 23.1 Å². The van der Waals surface area contributed by atoms with Gasteiger partial charge in [0.2, 0.25) is 11.8 Å². The third-order valence-corrected chi connectivity index (χ3v) is 6.79. The van der Waals surface area contributed by atoms with Crippen LogP contribution in [0.25, 0.3) is 0 Å². The van der Waals surface area contributed by atoms with Gasteiger partial charge in [-0.05, 0) is 42.0 Å². The predicted molar refractivity (Wildman–Crippen MR) is 146 cm³/mol. The number of esters is 1. The van der Waals surface area contributed by atoms with Crippen molar-refractivity contribution in [1.29, 1.82) is 0 Å². The van der Waals surface area contributed by atoms with E-state index < -0.39 is 48.5 Å². The standard InChI is InChI=1S/C26H24Cl2F3N5O6/c27-15-4-13(5-16(28)7-15)20(9-22(38)39)35-23(40)14-6-21(37)36(12-14)18-3-1-2-17(8-18)34-25-32-10-19(11-33-25)42-24(41)26(29,30)31/h1-5,7-8,14,19-20H,6,9-12H2,(H,35,40)(H,38,39)(H2,32,33,34). The van der Waals surface area contributed by atoms with Crippen LogP contribution in [0.1, 0.15) is 24.4 Å². The van der Waals surface area contributed by atoms with Crippen LogP contribution in [0.15, 0.2) is 47.5 Å². The van der Waals surface area contributed by atoms with Crippen LogP contribution in [-0.4, -0.2) is 66.7 Å². The first kappa shape index (κ1) is 30.9. The van der Waals surface area contributed by atoms with Gasteiger partial charge in [0.1, 0.15) is 6.10 Å². The molecule has 0 aliphatic carbocycles. The van der Waals surface area contributed by atoms with Crippen LogP contribution in [0.4, 0.5) is 24.5 Å². The van der Waals surface area contributed by atoms with Crippen molar-refractivity contribution in [3.63, 3.8) is 0 Å². The number of amides is 2. The molecule has 4 N–H and O–H groups in total. The summed E-state index contributed by atoms with van der Waals surface area (Å²) in [6.07, 6.45) is -6.72. The number of carbonyl (C=O) groups excluding carboxylic acids is 3. The number of aliphatic carboxylic acids is 1. The Morgan fingerprint density at radius 2 is 1.88 bits per heavy atom. The average Bonchev–Trinajstić information content (AvgIpc) is 3.30. The molecule has 2 amide bonds. The van der Waals surface area contributed by atoms with Crippen molar-refractivity contribution in [3.8, 4) is 0 Å². The summed E-state index contributed by atoms with van der Waals surface area (Å²) in [5.74, 6) is -4.82. The van der Waals surface area contributed by atoms with Gasteiger partial charge in [-0.25, -0.2) is 9.79 Å². The molecule has 0 bridgehead atoms. The predicted octanol–water partition coefficient (Wildman–Crippen LogP) is 3.52. The molecule has 2 aliphatic heterocycles. The lowest BCUT2D eigenvalue weighted by Gasteiger charge is -2.24. The normalized spacial score (nSPS) is 19.4. The quantitative estimate of drug-likeness (QED) is 0.324. The summed E-state index contributed by atoms with van der Waals surface area (Å²) >= 11 is 12.1. The molecule has 1 saturated heterocycles. The Hall–Kier alpha value is -4.04. The lowest BCUT2D eigenvalue weighted by molar-refractivity contribution is -0.204. The SMILES string of the molecule is O=C(O)CC(NC(=O)C1CC(=O)N(c2cccc(NC3=NCC(OC(=O)C(F)(F)F)CN3)c2)C1)c1cc(Cl)cc(Cl)c1. The molecular weight excluding hydrogens is 606 g/mol. The van der Waals surface area contributed by atoms with Gasteiger partial charge in [-0.2, -0.15) is 13.2 Å². The first-order valence-electron chi connectivity index (χ1n) is 12.5. The lowest BCUT2D eigenvalue weighted by atomic mass is 10.0. The second-order valence-electron chi connectivity index (χ2n) is 9.54. The molecule has 2 aliphatic rings. The molecule has 42 heavy (non-hydrogen) atoms. The highest BCUT2D eigenvalue weighted by Gasteiger charge is 2.42. The first-order chi connectivity index (χ1) is 19.8. The van der Waals surface area contributed by atoms with Crippen LogP contribution < -0.4 is 20.9 Å². The number of nitrogens with zero attached hydrogens (tertiary/aromatic N) is 2. The highest BCUT2D eigenvalue weighted by molar-refractivity contribution is 6.34. The number of anilines is 2. The number of ether oxygens (including phenoxy) is 1. The number of hydrogen-bond donors (Lipinski definition) is 4. The number of hydrogen-bond acceptors (Lipinski definition) is 8. The van der Waals surface area contributed by atoms with Gasteiger partial charge in [0, 0.05) is 34.4 Å². The minimum absolute atomic E-state index is 0.0374. The molecule has 0 radical (unpaired) electrons. The number of benzene rings is 2. The van der Waals surface area contributed by atoms with Gasteiger partial charge in [-0.3, -0.25) is 14.4 Å². The van der Waals surface area contributed by atoms with Crippen LogP contribution >= 0.6 is 23.2 Å². The molecular formula is C26H24Cl2F3N5O6. The zero-order valence-electron chi connectivity index (χ0n) is 21.6. The minimum Gasteiger partial charge on any atom is -0.481 e. The van der Waals surface area contributed by atoms with E-state index in [-0.39, 0.29) is 48.0 Å². The van der Waals surface area contributed by atoms with Crippen LogP contribution in [0.5, 0.6) is 0 Å². The molecule has 0 aromatic heterocycles. The van der Waals surface area contributed by atoms with Gasteiger partial charge in [0.25, 0.3) is 0 Å². The number of nitrogens with one attached hydrogen (secondary N) is 3. The van der Waals surface area contributed by atoms with E-state index in [2.05, 4.69) is 25.7 Å². The monoisotopic (exact) mass is 629 g/mol. The van der Waals surface area contributed by atoms with Crippen molar-refractivity contribution >= 4 is 64.3 Å². The summed E-state index contributed by atoms with van der Waals surface area (Å²) < 4.78 is 41.6. The average molecular weight is 630 g/mol. The number of carbonyl (C=O) groups is 4. The van der Waals surface area contributed by atoms with E-state index >= 15 is 0 Å². The Kier molecular flexibility index (Phi) is 9.46. The van der Waals surface area contributed by atoms with Gasteiger partial charge in [0.15, 0.2) is 5.96 Å². The van der Waals surface area contributed by atoms with E-state index in [0.29, 0.717) is 16.9 Å². The number of guanidine groups is 1. The lowest BCUT2D eigenvalue weighted by Crippen LogP contribution is -2.45. The molecule has 0 saturated carbocycles. The third kappa shape index (κ3) is 8.03. The number of carboxylic acid groups (broad SMARTS) is 1. The molecule has 3 atom stereocenters. The number of alkyl halides is 3. The number of rotatable bonds is 8. The topological polar surface area (TPSA) is 149 Å². The second kappa shape index (κ2) is 12.9. The summed E-state index contributed by atoms with van der Waals surface area (Å²) in [6, 6.07) is 10.2. The molecule has 0 spiro atoms. The van der Waals surface area contributed by atoms with Gasteiger partial charge >= 0.3 is 18.1 Å². The molecule has 4 rings (SSSR count). The second-order valence-corrected chi connectivity index (χ2v) is 10.4. The highest BCUT2D eigenvalue weighted by Crippen LogP contribution is 2.30. The summed E-state index contributed by atoms with van der Waals surface area (Å²) in [4.78, 5) is 53.9. The highest BCUT2D eigenvalue weighted by atomic mass is 35.5. The van der Waals surface area contributed by atoms with Crippen LogP contribution in [-0.2, 0) is 23.9 Å². The summed E-state index contributed by atoms with van der Waals surface area (Å²) in [7, 11) is 0. The van der Waals surface area contributed by atoms with Crippen molar-refractivity contribution in [1.82, 2.24) is 10.6 Å². The fourth-order valence-corrected chi connectivity index (χ4v) is 4.96. The molecule has 1 fully saturated rings. The molecule has 11 nitrogen and oxygen atoms in total. The van der Waals surface area contributed by atoms with Gasteiger partial charge in [0.05, 0.1) is 31.5 Å². The maximum Gasteiger partial charge on any atom is 0.490 e. The van der Waals surface area contributed by atoms with Crippen molar-refractivity contribution in [2.45, 2.75) is 31.2 Å². The van der Waals surface area contributed by atoms with Crippen LogP contribution in [0.2, 0.25) is 10.0 Å². The fourth-order valence-electron chi connectivity index (χ4n) is 4.42. The Morgan fingerprint density at radius 1 is 1.17 bits per heavy atom. The summed E-state index contributed by atoms with van der Waals surface area (Å²) in [6.45, 7) is -0.253. The van der Waals surface area contributed by atoms with Crippen LogP contribution in [0, 0.1) is 5.92 Å². The van der Waals surface area contributed by atoms with E-state index in [0.717, 1.165) is 0 Å². The van der Waals surface area contributed by atoms with Crippen molar-refractivity contribution < 1.29 is 42.2 Å². The third-order valence-electron chi connectivity index (χ3n) is 6.35. The van der Waals surface area contributed by atoms with Gasteiger partial charge in [-0.1, -0.05) is 29.3 Å². The Labute approximate surface area is 247 Å². The maximum atomic E-state index is 13.1. The van der Waals surface area contributed by atoms with Crippen molar-refractivity contribution in [2.24, 2.45) is 10.9 Å². The van der Waals surface area contributed by atoms with Gasteiger partial charge < -0.3 is 30.7 Å². The molecule has 2 aromatic rings. The van der Waals surface area contributed by atoms with Crippen LogP contribution in [0.3, 0.4) is 0 Å². The summed E-state index contributed by atoms with van der Waals surface area (Å²) in [5, 5.41) is 18.3. The maximum absolute atomic E-state index is 13.1. The summed E-state index contributed by atoms with van der Waals surface area (Å²) in [5.41, 5.74) is 1.37.